The molecular weight excluding hydrogens is 414 g/mol. The summed E-state index contributed by atoms with van der Waals surface area (Å²) in [6, 6.07) is 10.8. The van der Waals surface area contributed by atoms with Gasteiger partial charge in [0.25, 0.3) is 12.3 Å². The topological polar surface area (TPSA) is 88.5 Å². The Morgan fingerprint density at radius 1 is 1.22 bits per heavy atom. The van der Waals surface area contributed by atoms with Gasteiger partial charge in [0.15, 0.2) is 5.82 Å². The van der Waals surface area contributed by atoms with Crippen molar-refractivity contribution in [3.63, 3.8) is 0 Å². The summed E-state index contributed by atoms with van der Waals surface area (Å²) in [4.78, 5) is 16.7. The zero-order valence-corrected chi connectivity index (χ0v) is 17.5. The molecule has 2 heterocycles. The Morgan fingerprint density at radius 3 is 2.72 bits per heavy atom. The molecule has 5 rings (SSSR count). The van der Waals surface area contributed by atoms with Crippen molar-refractivity contribution in [2.24, 2.45) is 7.05 Å². The molecule has 0 aliphatic heterocycles. The molecule has 32 heavy (non-hydrogen) atoms. The summed E-state index contributed by atoms with van der Waals surface area (Å²) in [5, 5.41) is 15.2. The van der Waals surface area contributed by atoms with Crippen LogP contribution in [0, 0.1) is 0 Å². The maximum absolute atomic E-state index is 12.3. The van der Waals surface area contributed by atoms with Crippen LogP contribution < -0.4 is 5.32 Å². The van der Waals surface area contributed by atoms with E-state index in [1.807, 2.05) is 13.2 Å². The van der Waals surface area contributed by atoms with Crippen molar-refractivity contribution in [2.45, 2.75) is 31.6 Å². The molecule has 7 nitrogen and oxygen atoms in total. The van der Waals surface area contributed by atoms with Crippen molar-refractivity contribution < 1.29 is 13.6 Å². The standard InChI is InChI=1S/C23H22F2N6O/c1-31-20(10-16-8-9-18-17(11-27-29-18)21(16)13-2-3-13)28-22(30-31)14-4-6-15(7-5-14)23(32)26-12-19(24)25/h4-9,11,13,19H,2-3,10,12H2,1H3,(H,26,32)(H,27,29). The smallest absolute Gasteiger partial charge is 0.255 e. The highest BCUT2D eigenvalue weighted by molar-refractivity contribution is 5.94. The summed E-state index contributed by atoms with van der Waals surface area (Å²) in [6.45, 7) is -0.667. The van der Waals surface area contributed by atoms with E-state index in [-0.39, 0.29) is 0 Å². The first-order valence-electron chi connectivity index (χ1n) is 10.5. The quantitative estimate of drug-likeness (QED) is 0.461. The summed E-state index contributed by atoms with van der Waals surface area (Å²) in [5.74, 6) is 1.43. The van der Waals surface area contributed by atoms with Crippen LogP contribution in [0.2, 0.25) is 0 Å². The highest BCUT2D eigenvalue weighted by Crippen LogP contribution is 2.45. The molecule has 0 spiro atoms. The molecule has 2 aromatic heterocycles. The van der Waals surface area contributed by atoms with Gasteiger partial charge in [-0.05, 0) is 48.1 Å². The molecule has 1 aliphatic rings. The Hall–Kier alpha value is -3.62. The average molecular weight is 436 g/mol. The number of nitrogens with one attached hydrogen (secondary N) is 2. The van der Waals surface area contributed by atoms with Crippen LogP contribution in [0.5, 0.6) is 0 Å². The van der Waals surface area contributed by atoms with Crippen molar-refractivity contribution in [2.75, 3.05) is 6.54 Å². The van der Waals surface area contributed by atoms with E-state index in [1.54, 1.807) is 28.9 Å². The molecule has 0 bridgehead atoms. The number of aromatic nitrogens is 5. The molecule has 1 amide bonds. The normalized spacial score (nSPS) is 13.8. The molecule has 0 atom stereocenters. The molecular formula is C23H22F2N6O. The number of amides is 1. The second-order valence-corrected chi connectivity index (χ2v) is 8.07. The number of hydrogen-bond donors (Lipinski definition) is 2. The van der Waals surface area contributed by atoms with E-state index in [0.29, 0.717) is 23.7 Å². The monoisotopic (exact) mass is 436 g/mol. The van der Waals surface area contributed by atoms with Gasteiger partial charge >= 0.3 is 0 Å². The number of benzene rings is 2. The predicted molar refractivity (Wildman–Crippen MR) is 116 cm³/mol. The lowest BCUT2D eigenvalue weighted by Crippen LogP contribution is -2.28. The first kappa shape index (κ1) is 20.3. The lowest BCUT2D eigenvalue weighted by molar-refractivity contribution is 0.0891. The van der Waals surface area contributed by atoms with Crippen molar-refractivity contribution >= 4 is 16.8 Å². The van der Waals surface area contributed by atoms with Crippen LogP contribution in [-0.4, -0.2) is 43.8 Å². The van der Waals surface area contributed by atoms with Crippen molar-refractivity contribution in [3.8, 4) is 11.4 Å². The zero-order valence-electron chi connectivity index (χ0n) is 17.5. The third-order valence-corrected chi connectivity index (χ3v) is 5.77. The fraction of sp³-hybridized carbons (Fsp3) is 0.304. The van der Waals surface area contributed by atoms with Crippen molar-refractivity contribution in [1.29, 1.82) is 0 Å². The van der Waals surface area contributed by atoms with Crippen LogP contribution in [0.3, 0.4) is 0 Å². The van der Waals surface area contributed by atoms with Crippen molar-refractivity contribution in [1.82, 2.24) is 30.3 Å². The van der Waals surface area contributed by atoms with Gasteiger partial charge in [-0.2, -0.15) is 10.2 Å². The maximum atomic E-state index is 12.3. The maximum Gasteiger partial charge on any atom is 0.255 e. The Balaban J connectivity index is 1.38. The Morgan fingerprint density at radius 2 is 2.00 bits per heavy atom. The highest BCUT2D eigenvalue weighted by atomic mass is 19.3. The fourth-order valence-corrected chi connectivity index (χ4v) is 4.00. The van der Waals surface area contributed by atoms with Gasteiger partial charge in [0, 0.05) is 30.0 Å². The van der Waals surface area contributed by atoms with Crippen LogP contribution in [0.1, 0.15) is 46.1 Å². The van der Waals surface area contributed by atoms with Gasteiger partial charge in [0.1, 0.15) is 5.82 Å². The van der Waals surface area contributed by atoms with E-state index < -0.39 is 18.9 Å². The number of alkyl halides is 2. The van der Waals surface area contributed by atoms with E-state index in [9.17, 15) is 13.6 Å². The number of carbonyl (C=O) groups excluding carboxylic acids is 1. The second kappa shape index (κ2) is 8.14. The van der Waals surface area contributed by atoms with E-state index in [2.05, 4.69) is 32.7 Å². The molecule has 164 valence electrons. The van der Waals surface area contributed by atoms with Gasteiger partial charge in [-0.15, -0.1) is 0 Å². The van der Waals surface area contributed by atoms with Gasteiger partial charge in [0.05, 0.1) is 18.3 Å². The lowest BCUT2D eigenvalue weighted by Gasteiger charge is -2.09. The number of fused-ring (bicyclic) bond motifs is 1. The third-order valence-electron chi connectivity index (χ3n) is 5.77. The molecule has 2 aromatic carbocycles. The SMILES string of the molecule is Cn1nc(-c2ccc(C(=O)NCC(F)F)cc2)nc1Cc1ccc2[nH]ncc2c1C1CC1. The summed E-state index contributed by atoms with van der Waals surface area (Å²) in [7, 11) is 1.87. The van der Waals surface area contributed by atoms with Crippen LogP contribution in [0.25, 0.3) is 22.3 Å². The number of rotatable bonds is 7. The number of hydrogen-bond acceptors (Lipinski definition) is 4. The van der Waals surface area contributed by atoms with E-state index in [4.69, 9.17) is 4.98 Å². The minimum Gasteiger partial charge on any atom is -0.346 e. The van der Waals surface area contributed by atoms with Gasteiger partial charge < -0.3 is 5.32 Å². The first-order chi connectivity index (χ1) is 15.5. The predicted octanol–water partition coefficient (Wildman–Crippen LogP) is 3.82. The van der Waals surface area contributed by atoms with Gasteiger partial charge in [0.2, 0.25) is 0 Å². The number of aromatic amines is 1. The first-order valence-corrected chi connectivity index (χ1v) is 10.5. The highest BCUT2D eigenvalue weighted by Gasteiger charge is 2.29. The Bertz CT molecular complexity index is 1270. The minimum absolute atomic E-state index is 0.313. The van der Waals surface area contributed by atoms with Gasteiger partial charge in [-0.1, -0.05) is 18.2 Å². The van der Waals surface area contributed by atoms with Gasteiger partial charge in [-0.25, -0.2) is 13.8 Å². The number of halogens is 2. The fourth-order valence-electron chi connectivity index (χ4n) is 4.00. The lowest BCUT2D eigenvalue weighted by atomic mass is 9.97. The van der Waals surface area contributed by atoms with E-state index in [1.165, 1.54) is 29.4 Å². The van der Waals surface area contributed by atoms with E-state index in [0.717, 1.165) is 16.9 Å². The summed E-state index contributed by atoms with van der Waals surface area (Å²) < 4.78 is 26.3. The largest absolute Gasteiger partial charge is 0.346 e. The molecule has 1 saturated carbocycles. The molecule has 4 aromatic rings. The molecule has 1 aliphatic carbocycles. The molecule has 9 heteroatoms. The Labute approximate surface area is 182 Å². The Kier molecular flexibility index (Phi) is 5.16. The van der Waals surface area contributed by atoms with Crippen LogP contribution in [0.4, 0.5) is 8.78 Å². The average Bonchev–Trinajstić information content (AvgIpc) is 3.39. The summed E-state index contributed by atoms with van der Waals surface area (Å²) >= 11 is 0. The number of carbonyl (C=O) groups is 1. The van der Waals surface area contributed by atoms with Crippen molar-refractivity contribution in [3.05, 3.63) is 65.1 Å². The number of aryl methyl sites for hydroxylation is 1. The van der Waals surface area contributed by atoms with E-state index >= 15 is 0 Å². The third kappa shape index (κ3) is 3.98. The number of H-pyrrole nitrogens is 1. The summed E-state index contributed by atoms with van der Waals surface area (Å²) in [6.07, 6.45) is 2.36. The molecule has 0 unspecified atom stereocenters. The minimum atomic E-state index is -2.58. The summed E-state index contributed by atoms with van der Waals surface area (Å²) in [5.41, 5.74) is 4.69. The van der Waals surface area contributed by atoms with Crippen LogP contribution >= 0.6 is 0 Å². The molecule has 0 radical (unpaired) electrons. The second-order valence-electron chi connectivity index (χ2n) is 8.07. The molecule has 1 fully saturated rings. The van der Waals surface area contributed by atoms with Crippen LogP contribution in [-0.2, 0) is 13.5 Å². The molecule has 0 saturated heterocycles. The zero-order chi connectivity index (χ0) is 22.2. The van der Waals surface area contributed by atoms with Gasteiger partial charge in [-0.3, -0.25) is 14.6 Å². The van der Waals surface area contributed by atoms with Crippen LogP contribution in [0.15, 0.2) is 42.6 Å². The molecule has 2 N–H and O–H groups in total. The number of nitrogens with zero attached hydrogens (tertiary/aromatic N) is 4.